The van der Waals surface area contributed by atoms with Crippen LogP contribution in [0.3, 0.4) is 0 Å². The van der Waals surface area contributed by atoms with Crippen molar-refractivity contribution in [2.24, 2.45) is 17.1 Å². The van der Waals surface area contributed by atoms with Gasteiger partial charge in [-0.2, -0.15) is 0 Å². The van der Waals surface area contributed by atoms with Gasteiger partial charge >= 0.3 is 5.97 Å². The van der Waals surface area contributed by atoms with Crippen LogP contribution in [0.5, 0.6) is 0 Å². The van der Waals surface area contributed by atoms with Gasteiger partial charge in [0.2, 0.25) is 0 Å². The molecule has 1 fully saturated rings. The zero-order valence-corrected chi connectivity index (χ0v) is 11.0. The van der Waals surface area contributed by atoms with Crippen LogP contribution in [0.25, 0.3) is 0 Å². The lowest BCUT2D eigenvalue weighted by molar-refractivity contribution is -0.153. The van der Waals surface area contributed by atoms with Gasteiger partial charge in [0, 0.05) is 18.9 Å². The molecule has 1 heterocycles. The fraction of sp³-hybridized carbons (Fsp3) is 0.571. The fourth-order valence-corrected chi connectivity index (χ4v) is 2.62. The monoisotopic (exact) mass is 248 g/mol. The van der Waals surface area contributed by atoms with Crippen LogP contribution in [0.15, 0.2) is 18.5 Å². The predicted molar refractivity (Wildman–Crippen MR) is 68.9 cm³/mol. The summed E-state index contributed by atoms with van der Waals surface area (Å²) in [6, 6.07) is 2.06. The van der Waals surface area contributed by atoms with Crippen LogP contribution in [-0.2, 0) is 16.0 Å². The molecule has 2 N–H and O–H groups in total. The summed E-state index contributed by atoms with van der Waals surface area (Å²) in [7, 11) is 1.43. The average Bonchev–Trinajstić information content (AvgIpc) is 3.19. The SMILES string of the molecule is COC(=O)C(CN)(Cc1cncc(C)c1)C1CC1. The minimum absolute atomic E-state index is 0.186. The minimum Gasteiger partial charge on any atom is -0.469 e. The number of nitrogens with zero attached hydrogens (tertiary/aromatic N) is 1. The Balaban J connectivity index is 2.27. The van der Waals surface area contributed by atoms with E-state index in [1.54, 1.807) is 0 Å². The number of hydrogen-bond donors (Lipinski definition) is 1. The van der Waals surface area contributed by atoms with Gasteiger partial charge in [0.05, 0.1) is 12.5 Å². The minimum atomic E-state index is -0.565. The maximum Gasteiger partial charge on any atom is 0.313 e. The highest BCUT2D eigenvalue weighted by atomic mass is 16.5. The van der Waals surface area contributed by atoms with E-state index >= 15 is 0 Å². The fourth-order valence-electron chi connectivity index (χ4n) is 2.62. The number of rotatable bonds is 5. The third-order valence-electron chi connectivity index (χ3n) is 3.77. The second-order valence-corrected chi connectivity index (χ2v) is 5.17. The van der Waals surface area contributed by atoms with E-state index in [0.29, 0.717) is 18.9 Å². The molecule has 1 aliphatic rings. The molecule has 1 aromatic rings. The lowest BCUT2D eigenvalue weighted by atomic mass is 9.77. The van der Waals surface area contributed by atoms with Crippen molar-refractivity contribution in [1.82, 2.24) is 4.98 Å². The Hall–Kier alpha value is -1.42. The highest BCUT2D eigenvalue weighted by Crippen LogP contribution is 2.47. The number of pyridine rings is 1. The lowest BCUT2D eigenvalue weighted by Gasteiger charge is -2.29. The summed E-state index contributed by atoms with van der Waals surface area (Å²) < 4.78 is 4.97. The lowest BCUT2D eigenvalue weighted by Crippen LogP contribution is -2.43. The zero-order valence-electron chi connectivity index (χ0n) is 11.0. The molecule has 98 valence electrons. The van der Waals surface area contributed by atoms with Gasteiger partial charge in [-0.15, -0.1) is 0 Å². The number of aromatic nitrogens is 1. The van der Waals surface area contributed by atoms with Crippen LogP contribution in [0.2, 0.25) is 0 Å². The summed E-state index contributed by atoms with van der Waals surface area (Å²) in [4.78, 5) is 16.3. The second-order valence-electron chi connectivity index (χ2n) is 5.17. The van der Waals surface area contributed by atoms with Crippen molar-refractivity contribution in [3.8, 4) is 0 Å². The van der Waals surface area contributed by atoms with E-state index in [0.717, 1.165) is 24.0 Å². The highest BCUT2D eigenvalue weighted by molar-refractivity contribution is 5.78. The van der Waals surface area contributed by atoms with Gasteiger partial charge in [-0.3, -0.25) is 9.78 Å². The molecule has 0 bridgehead atoms. The van der Waals surface area contributed by atoms with Crippen LogP contribution in [-0.4, -0.2) is 24.6 Å². The normalized spacial score (nSPS) is 18.2. The average molecular weight is 248 g/mol. The topological polar surface area (TPSA) is 65.2 Å². The van der Waals surface area contributed by atoms with E-state index in [2.05, 4.69) is 11.1 Å². The maximum atomic E-state index is 12.1. The van der Waals surface area contributed by atoms with Gasteiger partial charge in [0.1, 0.15) is 0 Å². The van der Waals surface area contributed by atoms with Crippen molar-refractivity contribution in [1.29, 1.82) is 0 Å². The van der Waals surface area contributed by atoms with Gasteiger partial charge in [0.15, 0.2) is 0 Å². The molecular weight excluding hydrogens is 228 g/mol. The molecule has 0 aromatic carbocycles. The van der Waals surface area contributed by atoms with Gasteiger partial charge in [0.25, 0.3) is 0 Å². The second kappa shape index (κ2) is 5.06. The van der Waals surface area contributed by atoms with E-state index < -0.39 is 5.41 Å². The Morgan fingerprint density at radius 2 is 2.28 bits per heavy atom. The molecule has 1 atom stereocenters. The first kappa shape index (κ1) is 13.0. The molecular formula is C14H20N2O2. The van der Waals surface area contributed by atoms with Gasteiger partial charge in [-0.1, -0.05) is 6.07 Å². The van der Waals surface area contributed by atoms with E-state index in [-0.39, 0.29) is 5.97 Å². The standard InChI is InChI=1S/C14H20N2O2/c1-10-5-11(8-16-7-10)6-14(9-15,12-3-4-12)13(17)18-2/h5,7-8,12H,3-4,6,9,15H2,1-2H3. The molecule has 1 aliphatic carbocycles. The third kappa shape index (κ3) is 2.38. The zero-order chi connectivity index (χ0) is 13.2. The summed E-state index contributed by atoms with van der Waals surface area (Å²) in [5, 5.41) is 0. The number of esters is 1. The largest absolute Gasteiger partial charge is 0.469 e. The van der Waals surface area contributed by atoms with Crippen molar-refractivity contribution >= 4 is 5.97 Å². The third-order valence-corrected chi connectivity index (χ3v) is 3.77. The van der Waals surface area contributed by atoms with Gasteiger partial charge < -0.3 is 10.5 Å². The summed E-state index contributed by atoms with van der Waals surface area (Å²) in [5.74, 6) is 0.171. The molecule has 0 saturated heterocycles. The Morgan fingerprint density at radius 3 is 2.78 bits per heavy atom. The highest BCUT2D eigenvalue weighted by Gasteiger charge is 2.50. The molecule has 0 aliphatic heterocycles. The maximum absolute atomic E-state index is 12.1. The first-order chi connectivity index (χ1) is 8.62. The number of carbonyl (C=O) groups excluding carboxylic acids is 1. The predicted octanol–water partition coefficient (Wildman–Crippen LogP) is 1.46. The van der Waals surface area contributed by atoms with E-state index in [4.69, 9.17) is 10.5 Å². The molecule has 1 aromatic heterocycles. The van der Waals surface area contributed by atoms with E-state index in [9.17, 15) is 4.79 Å². The van der Waals surface area contributed by atoms with Crippen molar-refractivity contribution in [2.75, 3.05) is 13.7 Å². The molecule has 4 nitrogen and oxygen atoms in total. The molecule has 1 unspecified atom stereocenters. The number of methoxy groups -OCH3 is 1. The van der Waals surface area contributed by atoms with E-state index in [1.807, 2.05) is 19.3 Å². The number of nitrogens with two attached hydrogens (primary N) is 1. The van der Waals surface area contributed by atoms with E-state index in [1.165, 1.54) is 7.11 Å². The number of aryl methyl sites for hydroxylation is 1. The quantitative estimate of drug-likeness (QED) is 0.801. The summed E-state index contributed by atoms with van der Waals surface area (Å²) >= 11 is 0. The first-order valence-corrected chi connectivity index (χ1v) is 6.31. The summed E-state index contributed by atoms with van der Waals surface area (Å²) in [5.41, 5.74) is 7.47. The van der Waals surface area contributed by atoms with Gasteiger partial charge in [-0.05, 0) is 43.2 Å². The molecule has 0 amide bonds. The van der Waals surface area contributed by atoms with Crippen molar-refractivity contribution < 1.29 is 9.53 Å². The molecule has 1 saturated carbocycles. The smallest absolute Gasteiger partial charge is 0.313 e. The van der Waals surface area contributed by atoms with Crippen LogP contribution in [0.1, 0.15) is 24.0 Å². The Bertz CT molecular complexity index is 443. The van der Waals surface area contributed by atoms with Crippen LogP contribution in [0.4, 0.5) is 0 Å². The summed E-state index contributed by atoms with van der Waals surface area (Å²) in [6.45, 7) is 2.33. The van der Waals surface area contributed by atoms with Crippen LogP contribution >= 0.6 is 0 Å². The molecule has 0 radical (unpaired) electrons. The van der Waals surface area contributed by atoms with Crippen molar-refractivity contribution in [3.05, 3.63) is 29.6 Å². The Morgan fingerprint density at radius 1 is 1.56 bits per heavy atom. The van der Waals surface area contributed by atoms with Gasteiger partial charge in [-0.25, -0.2) is 0 Å². The number of ether oxygens (including phenoxy) is 1. The molecule has 4 heteroatoms. The Labute approximate surface area is 108 Å². The first-order valence-electron chi connectivity index (χ1n) is 6.31. The number of hydrogen-bond acceptors (Lipinski definition) is 4. The van der Waals surface area contributed by atoms with Crippen molar-refractivity contribution in [2.45, 2.75) is 26.2 Å². The number of carbonyl (C=O) groups is 1. The van der Waals surface area contributed by atoms with Crippen molar-refractivity contribution in [3.63, 3.8) is 0 Å². The molecule has 2 rings (SSSR count). The molecule has 0 spiro atoms. The van der Waals surface area contributed by atoms with Crippen LogP contribution in [0, 0.1) is 18.3 Å². The van der Waals surface area contributed by atoms with Crippen LogP contribution < -0.4 is 5.73 Å². The Kier molecular flexibility index (Phi) is 3.66. The summed E-state index contributed by atoms with van der Waals surface area (Å²) in [6.07, 6.45) is 6.36. The molecule has 18 heavy (non-hydrogen) atoms.